The van der Waals surface area contributed by atoms with E-state index < -0.39 is 0 Å². The Morgan fingerprint density at radius 2 is 1.86 bits per heavy atom. The molecule has 106 valence electrons. The predicted molar refractivity (Wildman–Crippen MR) is 89.2 cm³/mol. The van der Waals surface area contributed by atoms with Gasteiger partial charge in [-0.2, -0.15) is 0 Å². The number of para-hydroxylation sites is 1. The van der Waals surface area contributed by atoms with Crippen LogP contribution >= 0.6 is 27.5 Å². The minimum absolute atomic E-state index is 0.633. The van der Waals surface area contributed by atoms with Gasteiger partial charge in [-0.25, -0.2) is 0 Å². The molecule has 3 aromatic rings. The highest BCUT2D eigenvalue weighted by molar-refractivity contribution is 9.08. The van der Waals surface area contributed by atoms with Crippen LogP contribution in [0.25, 0.3) is 17.1 Å². The van der Waals surface area contributed by atoms with Gasteiger partial charge in [0.15, 0.2) is 5.82 Å². The third kappa shape index (κ3) is 2.74. The van der Waals surface area contributed by atoms with Gasteiger partial charge in [-0.05, 0) is 30.7 Å². The smallest absolute Gasteiger partial charge is 0.168 e. The van der Waals surface area contributed by atoms with E-state index in [1.54, 1.807) is 0 Å². The summed E-state index contributed by atoms with van der Waals surface area (Å²) in [6, 6.07) is 16.0. The van der Waals surface area contributed by atoms with Crippen LogP contribution in [0.2, 0.25) is 5.02 Å². The average Bonchev–Trinajstić information content (AvgIpc) is 2.95. The molecule has 0 aliphatic rings. The van der Waals surface area contributed by atoms with Crippen molar-refractivity contribution in [1.82, 2.24) is 14.8 Å². The molecule has 0 atom stereocenters. The van der Waals surface area contributed by atoms with Crippen molar-refractivity contribution in [3.63, 3.8) is 0 Å². The van der Waals surface area contributed by atoms with Crippen molar-refractivity contribution in [2.24, 2.45) is 0 Å². The molecule has 3 rings (SSSR count). The SMILES string of the molecule is Cc1ccc(-c2nnc(CBr)n2-c2ccccc2)cc1Cl. The minimum atomic E-state index is 0.633. The molecule has 0 N–H and O–H groups in total. The Bertz CT molecular complexity index is 768. The Morgan fingerprint density at radius 3 is 2.52 bits per heavy atom. The number of rotatable bonds is 3. The van der Waals surface area contributed by atoms with E-state index in [9.17, 15) is 0 Å². The highest BCUT2D eigenvalue weighted by atomic mass is 79.9. The number of halogens is 2. The highest BCUT2D eigenvalue weighted by Gasteiger charge is 2.15. The van der Waals surface area contributed by atoms with Gasteiger partial charge in [-0.1, -0.05) is 57.9 Å². The molecule has 0 amide bonds. The second-order valence-corrected chi connectivity index (χ2v) is 5.68. The van der Waals surface area contributed by atoms with Gasteiger partial charge in [-0.15, -0.1) is 10.2 Å². The number of aromatic nitrogens is 3. The van der Waals surface area contributed by atoms with Gasteiger partial charge in [0, 0.05) is 16.3 Å². The summed E-state index contributed by atoms with van der Waals surface area (Å²) in [7, 11) is 0. The second kappa shape index (κ2) is 6.00. The summed E-state index contributed by atoms with van der Waals surface area (Å²) in [4.78, 5) is 0. The summed E-state index contributed by atoms with van der Waals surface area (Å²) in [5, 5.41) is 9.96. The van der Waals surface area contributed by atoms with E-state index in [-0.39, 0.29) is 0 Å². The quantitative estimate of drug-likeness (QED) is 0.627. The van der Waals surface area contributed by atoms with Gasteiger partial charge in [0.2, 0.25) is 0 Å². The van der Waals surface area contributed by atoms with E-state index in [4.69, 9.17) is 11.6 Å². The zero-order chi connectivity index (χ0) is 14.8. The third-order valence-corrected chi connectivity index (χ3v) is 4.20. The number of hydrogen-bond acceptors (Lipinski definition) is 2. The van der Waals surface area contributed by atoms with Crippen LogP contribution < -0.4 is 0 Å². The maximum Gasteiger partial charge on any atom is 0.168 e. The standard InChI is InChI=1S/C16H13BrClN3/c1-11-7-8-12(9-14(11)18)16-20-19-15(10-17)21(16)13-5-3-2-4-6-13/h2-9H,10H2,1H3. The third-order valence-electron chi connectivity index (χ3n) is 3.29. The predicted octanol–water partition coefficient (Wildman–Crippen LogP) is 4.79. The first-order valence-corrected chi connectivity index (χ1v) is 8.03. The Balaban J connectivity index is 2.20. The lowest BCUT2D eigenvalue weighted by Crippen LogP contribution is -2.01. The zero-order valence-electron chi connectivity index (χ0n) is 11.4. The monoisotopic (exact) mass is 361 g/mol. The summed E-state index contributed by atoms with van der Waals surface area (Å²) in [6.45, 7) is 1.98. The van der Waals surface area contributed by atoms with E-state index in [0.29, 0.717) is 5.33 Å². The van der Waals surface area contributed by atoms with Gasteiger partial charge in [0.1, 0.15) is 5.82 Å². The number of hydrogen-bond donors (Lipinski definition) is 0. The Kier molecular flexibility index (Phi) is 4.08. The first kappa shape index (κ1) is 14.3. The Labute approximate surface area is 136 Å². The van der Waals surface area contributed by atoms with E-state index in [2.05, 4.69) is 26.1 Å². The van der Waals surface area contributed by atoms with Crippen LogP contribution in [0.15, 0.2) is 48.5 Å². The van der Waals surface area contributed by atoms with Crippen molar-refractivity contribution in [3.8, 4) is 17.1 Å². The molecule has 3 nitrogen and oxygen atoms in total. The van der Waals surface area contributed by atoms with E-state index in [1.165, 1.54) is 0 Å². The molecule has 0 bridgehead atoms. The Hall–Kier alpha value is -1.65. The second-order valence-electron chi connectivity index (χ2n) is 4.71. The summed E-state index contributed by atoms with van der Waals surface area (Å²) in [5.74, 6) is 1.64. The molecule has 0 aliphatic carbocycles. The summed E-state index contributed by atoms with van der Waals surface area (Å²) < 4.78 is 2.04. The fraction of sp³-hybridized carbons (Fsp3) is 0.125. The van der Waals surface area contributed by atoms with Gasteiger partial charge in [0.25, 0.3) is 0 Å². The molecular formula is C16H13BrClN3. The van der Waals surface area contributed by atoms with Crippen molar-refractivity contribution < 1.29 is 0 Å². The van der Waals surface area contributed by atoms with E-state index >= 15 is 0 Å². The number of aryl methyl sites for hydroxylation is 1. The summed E-state index contributed by atoms with van der Waals surface area (Å²) in [6.07, 6.45) is 0. The summed E-state index contributed by atoms with van der Waals surface area (Å²) >= 11 is 9.70. The van der Waals surface area contributed by atoms with E-state index in [1.807, 2.05) is 60.0 Å². The lowest BCUT2D eigenvalue weighted by atomic mass is 10.1. The van der Waals surface area contributed by atoms with Crippen molar-refractivity contribution in [2.75, 3.05) is 0 Å². The molecule has 0 radical (unpaired) electrons. The number of benzene rings is 2. The van der Waals surface area contributed by atoms with Crippen molar-refractivity contribution >= 4 is 27.5 Å². The molecule has 0 unspecified atom stereocenters. The van der Waals surface area contributed by atoms with Gasteiger partial charge in [0.05, 0.1) is 5.33 Å². The van der Waals surface area contributed by atoms with Gasteiger partial charge in [-0.3, -0.25) is 4.57 Å². The lowest BCUT2D eigenvalue weighted by molar-refractivity contribution is 0.962. The maximum absolute atomic E-state index is 6.24. The fourth-order valence-electron chi connectivity index (χ4n) is 2.17. The molecule has 1 heterocycles. The minimum Gasteiger partial charge on any atom is -0.278 e. The van der Waals surface area contributed by atoms with Crippen LogP contribution in [0.5, 0.6) is 0 Å². The van der Waals surface area contributed by atoms with Crippen LogP contribution in [0.3, 0.4) is 0 Å². The molecular weight excluding hydrogens is 350 g/mol. The first-order valence-electron chi connectivity index (χ1n) is 6.53. The van der Waals surface area contributed by atoms with Gasteiger partial charge >= 0.3 is 0 Å². The van der Waals surface area contributed by atoms with Crippen LogP contribution in [0.4, 0.5) is 0 Å². The maximum atomic E-state index is 6.24. The lowest BCUT2D eigenvalue weighted by Gasteiger charge is -2.10. The largest absolute Gasteiger partial charge is 0.278 e. The molecule has 5 heteroatoms. The molecule has 21 heavy (non-hydrogen) atoms. The number of alkyl halides is 1. The zero-order valence-corrected chi connectivity index (χ0v) is 13.8. The van der Waals surface area contributed by atoms with Crippen molar-refractivity contribution in [3.05, 3.63) is 64.9 Å². The molecule has 0 spiro atoms. The molecule has 2 aromatic carbocycles. The van der Waals surface area contributed by atoms with Crippen LogP contribution in [-0.2, 0) is 5.33 Å². The van der Waals surface area contributed by atoms with Crippen LogP contribution in [0, 0.1) is 6.92 Å². The molecule has 1 aromatic heterocycles. The number of nitrogens with zero attached hydrogens (tertiary/aromatic N) is 3. The van der Waals surface area contributed by atoms with Crippen molar-refractivity contribution in [2.45, 2.75) is 12.3 Å². The summed E-state index contributed by atoms with van der Waals surface area (Å²) in [5.41, 5.74) is 3.03. The normalized spacial score (nSPS) is 10.8. The first-order chi connectivity index (χ1) is 10.2. The van der Waals surface area contributed by atoms with Crippen molar-refractivity contribution in [1.29, 1.82) is 0 Å². The average molecular weight is 363 g/mol. The highest BCUT2D eigenvalue weighted by Crippen LogP contribution is 2.27. The topological polar surface area (TPSA) is 30.7 Å². The Morgan fingerprint density at radius 1 is 1.10 bits per heavy atom. The molecule has 0 saturated heterocycles. The fourth-order valence-corrected chi connectivity index (χ4v) is 2.71. The van der Waals surface area contributed by atoms with Crippen LogP contribution in [-0.4, -0.2) is 14.8 Å². The molecule has 0 aliphatic heterocycles. The van der Waals surface area contributed by atoms with Crippen LogP contribution in [0.1, 0.15) is 11.4 Å². The van der Waals surface area contributed by atoms with E-state index in [0.717, 1.165) is 33.5 Å². The van der Waals surface area contributed by atoms with Gasteiger partial charge < -0.3 is 0 Å². The molecule has 0 saturated carbocycles. The molecule has 0 fully saturated rings.